The molecule has 5 heteroatoms. The Morgan fingerprint density at radius 2 is 2.28 bits per heavy atom. The van der Waals surface area contributed by atoms with Crippen LogP contribution in [0, 0.1) is 0 Å². The number of nitrogens with zero attached hydrogens (tertiary/aromatic N) is 3. The summed E-state index contributed by atoms with van der Waals surface area (Å²) in [7, 11) is 2.06. The van der Waals surface area contributed by atoms with Crippen LogP contribution in [-0.2, 0) is 6.54 Å². The van der Waals surface area contributed by atoms with E-state index < -0.39 is 0 Å². The summed E-state index contributed by atoms with van der Waals surface area (Å²) in [4.78, 5) is 6.21. The molecule has 0 amide bonds. The normalized spacial score (nSPS) is 10.6. The zero-order chi connectivity index (χ0) is 13.0. The number of aromatic nitrogens is 2. The monoisotopic (exact) mass is 308 g/mol. The van der Waals surface area contributed by atoms with Gasteiger partial charge >= 0.3 is 0 Å². The van der Waals surface area contributed by atoms with Gasteiger partial charge in [-0.2, -0.15) is 0 Å². The zero-order valence-corrected chi connectivity index (χ0v) is 12.0. The predicted molar refractivity (Wildman–Crippen MR) is 78.7 cm³/mol. The van der Waals surface area contributed by atoms with Gasteiger partial charge in [0.25, 0.3) is 0 Å². The highest BCUT2D eigenvalue weighted by molar-refractivity contribution is 9.10. The first-order valence-corrected chi connectivity index (χ1v) is 6.68. The summed E-state index contributed by atoms with van der Waals surface area (Å²) >= 11 is 3.42. The van der Waals surface area contributed by atoms with E-state index in [-0.39, 0.29) is 0 Å². The SMILES string of the molecule is CN(CCCn1ccnc1)c1ccc(Br)cc1N. The van der Waals surface area contributed by atoms with E-state index in [1.165, 1.54) is 0 Å². The van der Waals surface area contributed by atoms with Crippen molar-refractivity contribution in [1.29, 1.82) is 0 Å². The third-order valence-electron chi connectivity index (χ3n) is 2.87. The van der Waals surface area contributed by atoms with Crippen LogP contribution in [-0.4, -0.2) is 23.1 Å². The fourth-order valence-electron chi connectivity index (χ4n) is 1.90. The van der Waals surface area contributed by atoms with Crippen molar-refractivity contribution in [3.05, 3.63) is 41.4 Å². The number of hydrogen-bond donors (Lipinski definition) is 1. The van der Waals surface area contributed by atoms with E-state index in [4.69, 9.17) is 5.73 Å². The van der Waals surface area contributed by atoms with E-state index in [1.807, 2.05) is 30.7 Å². The van der Waals surface area contributed by atoms with E-state index >= 15 is 0 Å². The highest BCUT2D eigenvalue weighted by Crippen LogP contribution is 2.25. The first kappa shape index (κ1) is 13.0. The summed E-state index contributed by atoms with van der Waals surface area (Å²) in [5.74, 6) is 0. The van der Waals surface area contributed by atoms with Crippen LogP contribution < -0.4 is 10.6 Å². The molecule has 2 N–H and O–H groups in total. The van der Waals surface area contributed by atoms with Crippen LogP contribution in [0.15, 0.2) is 41.4 Å². The minimum absolute atomic E-state index is 0.800. The van der Waals surface area contributed by atoms with Crippen molar-refractivity contribution in [2.75, 3.05) is 24.2 Å². The number of imidazole rings is 1. The lowest BCUT2D eigenvalue weighted by molar-refractivity contribution is 0.638. The molecule has 2 rings (SSSR count). The molecule has 0 aliphatic heterocycles. The molecular weight excluding hydrogens is 292 g/mol. The van der Waals surface area contributed by atoms with Crippen molar-refractivity contribution in [3.8, 4) is 0 Å². The molecular formula is C13H17BrN4. The fraction of sp³-hybridized carbons (Fsp3) is 0.308. The lowest BCUT2D eigenvalue weighted by atomic mass is 10.2. The molecule has 0 aliphatic rings. The maximum atomic E-state index is 6.00. The number of hydrogen-bond acceptors (Lipinski definition) is 3. The number of benzene rings is 1. The Hall–Kier alpha value is -1.49. The quantitative estimate of drug-likeness (QED) is 0.864. The molecule has 1 heterocycles. The molecule has 1 aromatic carbocycles. The van der Waals surface area contributed by atoms with E-state index in [2.05, 4.69) is 37.4 Å². The average Bonchev–Trinajstić information content (AvgIpc) is 2.81. The molecule has 0 atom stereocenters. The van der Waals surface area contributed by atoms with Crippen LogP contribution >= 0.6 is 15.9 Å². The number of rotatable bonds is 5. The summed E-state index contributed by atoms with van der Waals surface area (Å²) < 4.78 is 3.09. The maximum Gasteiger partial charge on any atom is 0.0945 e. The Balaban J connectivity index is 1.89. The zero-order valence-electron chi connectivity index (χ0n) is 10.4. The first-order valence-electron chi connectivity index (χ1n) is 5.89. The molecule has 4 nitrogen and oxygen atoms in total. The summed E-state index contributed by atoms with van der Waals surface area (Å²) in [6, 6.07) is 5.98. The van der Waals surface area contributed by atoms with Crippen molar-refractivity contribution in [1.82, 2.24) is 9.55 Å². The molecule has 0 spiro atoms. The summed E-state index contributed by atoms with van der Waals surface area (Å²) in [5, 5.41) is 0. The summed E-state index contributed by atoms with van der Waals surface area (Å²) in [6.45, 7) is 1.94. The van der Waals surface area contributed by atoms with E-state index in [0.717, 1.165) is 35.4 Å². The van der Waals surface area contributed by atoms with Crippen LogP contribution in [0.4, 0.5) is 11.4 Å². The third kappa shape index (κ3) is 3.26. The van der Waals surface area contributed by atoms with Gasteiger partial charge in [0.2, 0.25) is 0 Å². The Bertz CT molecular complexity index is 496. The smallest absolute Gasteiger partial charge is 0.0945 e. The van der Waals surface area contributed by atoms with Gasteiger partial charge in [0.15, 0.2) is 0 Å². The Labute approximate surface area is 116 Å². The van der Waals surface area contributed by atoms with Crippen molar-refractivity contribution >= 4 is 27.3 Å². The first-order chi connectivity index (χ1) is 8.66. The largest absolute Gasteiger partial charge is 0.397 e. The van der Waals surface area contributed by atoms with Gasteiger partial charge < -0.3 is 15.2 Å². The van der Waals surface area contributed by atoms with Gasteiger partial charge in [-0.1, -0.05) is 15.9 Å². The minimum atomic E-state index is 0.800. The molecule has 0 saturated carbocycles. The maximum absolute atomic E-state index is 6.00. The van der Waals surface area contributed by atoms with Crippen LogP contribution in [0.3, 0.4) is 0 Å². The third-order valence-corrected chi connectivity index (χ3v) is 3.36. The van der Waals surface area contributed by atoms with Gasteiger partial charge in [0.1, 0.15) is 0 Å². The topological polar surface area (TPSA) is 47.1 Å². The molecule has 0 radical (unpaired) electrons. The van der Waals surface area contributed by atoms with Gasteiger partial charge in [0, 0.05) is 37.0 Å². The molecule has 1 aromatic heterocycles. The standard InChI is InChI=1S/C13H17BrN4/c1-17(6-2-7-18-8-5-16-10-18)13-4-3-11(14)9-12(13)15/h3-5,8-10H,2,6-7,15H2,1H3. The van der Waals surface area contributed by atoms with Gasteiger partial charge in [-0.15, -0.1) is 0 Å². The number of aryl methyl sites for hydroxylation is 1. The van der Waals surface area contributed by atoms with Crippen molar-refractivity contribution in [3.63, 3.8) is 0 Å². The van der Waals surface area contributed by atoms with Crippen LogP contribution in [0.5, 0.6) is 0 Å². The highest BCUT2D eigenvalue weighted by atomic mass is 79.9. The summed E-state index contributed by atoms with van der Waals surface area (Å²) in [6.07, 6.45) is 6.68. The fourth-order valence-corrected chi connectivity index (χ4v) is 2.28. The van der Waals surface area contributed by atoms with Gasteiger partial charge in [0.05, 0.1) is 17.7 Å². The lowest BCUT2D eigenvalue weighted by Gasteiger charge is -2.21. The number of nitrogen functional groups attached to an aromatic ring is 1. The number of anilines is 2. The second-order valence-electron chi connectivity index (χ2n) is 4.28. The molecule has 0 aliphatic carbocycles. The van der Waals surface area contributed by atoms with Crippen LogP contribution in [0.1, 0.15) is 6.42 Å². The molecule has 96 valence electrons. The van der Waals surface area contributed by atoms with Crippen molar-refractivity contribution in [2.45, 2.75) is 13.0 Å². The molecule has 0 saturated heterocycles. The Morgan fingerprint density at radius 1 is 1.44 bits per heavy atom. The Morgan fingerprint density at radius 3 is 2.94 bits per heavy atom. The van der Waals surface area contributed by atoms with E-state index in [0.29, 0.717) is 0 Å². The van der Waals surface area contributed by atoms with Crippen LogP contribution in [0.2, 0.25) is 0 Å². The van der Waals surface area contributed by atoms with E-state index in [1.54, 1.807) is 6.20 Å². The predicted octanol–water partition coefficient (Wildman–Crippen LogP) is 2.75. The lowest BCUT2D eigenvalue weighted by Crippen LogP contribution is -2.20. The molecule has 0 fully saturated rings. The van der Waals surface area contributed by atoms with Gasteiger partial charge in [-0.3, -0.25) is 0 Å². The van der Waals surface area contributed by atoms with E-state index in [9.17, 15) is 0 Å². The average molecular weight is 309 g/mol. The van der Waals surface area contributed by atoms with Crippen molar-refractivity contribution in [2.24, 2.45) is 0 Å². The van der Waals surface area contributed by atoms with Crippen molar-refractivity contribution < 1.29 is 0 Å². The number of halogens is 1. The van der Waals surface area contributed by atoms with Gasteiger partial charge in [-0.05, 0) is 24.6 Å². The molecule has 0 unspecified atom stereocenters. The molecule has 2 aromatic rings. The molecule has 18 heavy (non-hydrogen) atoms. The Kier molecular flexibility index (Phi) is 4.25. The molecule has 0 bridgehead atoms. The number of nitrogens with two attached hydrogens (primary N) is 1. The minimum Gasteiger partial charge on any atom is -0.397 e. The second kappa shape index (κ2) is 5.91. The van der Waals surface area contributed by atoms with Gasteiger partial charge in [-0.25, -0.2) is 4.98 Å². The highest BCUT2D eigenvalue weighted by Gasteiger charge is 2.05. The summed E-state index contributed by atoms with van der Waals surface area (Å²) in [5.41, 5.74) is 7.88. The van der Waals surface area contributed by atoms with Crippen LogP contribution in [0.25, 0.3) is 0 Å². The second-order valence-corrected chi connectivity index (χ2v) is 5.19.